The highest BCUT2D eigenvalue weighted by Crippen LogP contribution is 2.14. The van der Waals surface area contributed by atoms with E-state index in [0.29, 0.717) is 12.2 Å². The van der Waals surface area contributed by atoms with E-state index in [-0.39, 0.29) is 0 Å². The van der Waals surface area contributed by atoms with Gasteiger partial charge in [0.05, 0.1) is 5.56 Å². The molecule has 0 saturated carbocycles. The summed E-state index contributed by atoms with van der Waals surface area (Å²) >= 11 is 0. The molecule has 0 aromatic heterocycles. The summed E-state index contributed by atoms with van der Waals surface area (Å²) in [6, 6.07) is 7.28. The third-order valence-electron chi connectivity index (χ3n) is 5.07. The van der Waals surface area contributed by atoms with E-state index in [1.54, 1.807) is 12.1 Å². The lowest BCUT2D eigenvalue weighted by Crippen LogP contribution is -1.96. The summed E-state index contributed by atoms with van der Waals surface area (Å²) in [5, 5.41) is 17.6. The van der Waals surface area contributed by atoms with E-state index in [2.05, 4.69) is 0 Å². The first-order valence-electron chi connectivity index (χ1n) is 10.7. The Morgan fingerprint density at radius 2 is 1.00 bits per heavy atom. The topological polar surface area (TPSA) is 57.5 Å². The monoisotopic (exact) mass is 362 g/mol. The van der Waals surface area contributed by atoms with Gasteiger partial charge in [-0.3, -0.25) is 0 Å². The predicted octanol–water partition coefficient (Wildman–Crippen LogP) is 6.38. The lowest BCUT2D eigenvalue weighted by atomic mass is 10.0. The van der Waals surface area contributed by atoms with Gasteiger partial charge in [-0.1, -0.05) is 89.2 Å². The van der Waals surface area contributed by atoms with Crippen molar-refractivity contribution in [3.05, 3.63) is 35.4 Å². The fourth-order valence-electron chi connectivity index (χ4n) is 3.38. The van der Waals surface area contributed by atoms with E-state index in [4.69, 9.17) is 10.2 Å². The van der Waals surface area contributed by atoms with E-state index in [1.807, 2.05) is 12.1 Å². The number of rotatable bonds is 17. The van der Waals surface area contributed by atoms with Crippen molar-refractivity contribution in [2.24, 2.45) is 0 Å². The lowest BCUT2D eigenvalue weighted by Gasteiger charge is -2.04. The third kappa shape index (κ3) is 12.1. The van der Waals surface area contributed by atoms with Crippen molar-refractivity contribution >= 4 is 5.97 Å². The van der Waals surface area contributed by atoms with Crippen LogP contribution in [0.1, 0.15) is 106 Å². The van der Waals surface area contributed by atoms with Crippen LogP contribution in [0.25, 0.3) is 0 Å². The largest absolute Gasteiger partial charge is 0.478 e. The van der Waals surface area contributed by atoms with Crippen LogP contribution in [0.5, 0.6) is 0 Å². The molecule has 3 heteroatoms. The van der Waals surface area contributed by atoms with Crippen LogP contribution >= 0.6 is 0 Å². The highest BCUT2D eigenvalue weighted by atomic mass is 16.4. The first-order valence-corrected chi connectivity index (χ1v) is 10.7. The van der Waals surface area contributed by atoms with E-state index in [1.165, 1.54) is 89.0 Å². The highest BCUT2D eigenvalue weighted by molar-refractivity contribution is 5.87. The molecule has 0 unspecified atom stereocenters. The summed E-state index contributed by atoms with van der Waals surface area (Å²) in [6.07, 6.45) is 19.2. The summed E-state index contributed by atoms with van der Waals surface area (Å²) in [7, 11) is 0. The summed E-state index contributed by atoms with van der Waals surface area (Å²) < 4.78 is 0. The second kappa shape index (κ2) is 15.9. The Hall–Kier alpha value is -1.35. The molecule has 0 saturated heterocycles. The zero-order valence-corrected chi connectivity index (χ0v) is 16.4. The van der Waals surface area contributed by atoms with Crippen molar-refractivity contribution in [3.8, 4) is 0 Å². The van der Waals surface area contributed by atoms with Gasteiger partial charge in [-0.25, -0.2) is 4.79 Å². The second-order valence-electron chi connectivity index (χ2n) is 7.43. The zero-order valence-electron chi connectivity index (χ0n) is 16.4. The Bertz CT molecular complexity index is 453. The average molecular weight is 363 g/mol. The molecule has 1 aromatic rings. The van der Waals surface area contributed by atoms with Crippen molar-refractivity contribution in [1.29, 1.82) is 0 Å². The Balaban J connectivity index is 1.83. The number of aliphatic hydroxyl groups is 1. The van der Waals surface area contributed by atoms with Crippen LogP contribution in [-0.2, 0) is 6.42 Å². The normalized spacial score (nSPS) is 11.0. The number of carbonyl (C=O) groups is 1. The molecule has 0 heterocycles. The van der Waals surface area contributed by atoms with Crippen LogP contribution in [0, 0.1) is 0 Å². The zero-order chi connectivity index (χ0) is 18.9. The van der Waals surface area contributed by atoms with Crippen LogP contribution < -0.4 is 0 Å². The molecule has 2 N–H and O–H groups in total. The second-order valence-corrected chi connectivity index (χ2v) is 7.43. The van der Waals surface area contributed by atoms with Gasteiger partial charge in [0, 0.05) is 6.61 Å². The molecule has 0 amide bonds. The van der Waals surface area contributed by atoms with Crippen LogP contribution in [0.15, 0.2) is 24.3 Å². The molecule has 0 bridgehead atoms. The van der Waals surface area contributed by atoms with Crippen molar-refractivity contribution in [3.63, 3.8) is 0 Å². The van der Waals surface area contributed by atoms with Crippen LogP contribution in [0.3, 0.4) is 0 Å². The summed E-state index contributed by atoms with van der Waals surface area (Å²) in [5.74, 6) is -0.852. The minimum Gasteiger partial charge on any atom is -0.478 e. The lowest BCUT2D eigenvalue weighted by molar-refractivity contribution is 0.0697. The van der Waals surface area contributed by atoms with Crippen molar-refractivity contribution in [2.45, 2.75) is 96.3 Å². The number of carboxylic acid groups (broad SMARTS) is 1. The van der Waals surface area contributed by atoms with Crippen molar-refractivity contribution in [2.75, 3.05) is 6.61 Å². The maximum atomic E-state index is 10.8. The molecule has 1 rings (SSSR count). The maximum Gasteiger partial charge on any atom is 0.335 e. The van der Waals surface area contributed by atoms with Crippen LogP contribution in [0.2, 0.25) is 0 Å². The molecule has 1 aromatic carbocycles. The summed E-state index contributed by atoms with van der Waals surface area (Å²) in [6.45, 7) is 0.347. The summed E-state index contributed by atoms with van der Waals surface area (Å²) in [4.78, 5) is 10.8. The minimum absolute atomic E-state index is 0.347. The summed E-state index contributed by atoms with van der Waals surface area (Å²) in [5.41, 5.74) is 1.61. The Kier molecular flexibility index (Phi) is 13.8. The number of hydrogen-bond acceptors (Lipinski definition) is 2. The number of aryl methyl sites for hydroxylation is 1. The number of aliphatic hydroxyl groups excluding tert-OH is 1. The molecule has 0 fully saturated rings. The quantitative estimate of drug-likeness (QED) is 0.316. The van der Waals surface area contributed by atoms with Gasteiger partial charge in [0.15, 0.2) is 0 Å². The molecule has 0 atom stereocenters. The number of carboxylic acids is 1. The number of hydrogen-bond donors (Lipinski definition) is 2. The Morgan fingerprint density at radius 1 is 0.615 bits per heavy atom. The van der Waals surface area contributed by atoms with Crippen molar-refractivity contribution < 1.29 is 15.0 Å². The molecule has 3 nitrogen and oxygen atoms in total. The van der Waals surface area contributed by atoms with Gasteiger partial charge < -0.3 is 10.2 Å². The van der Waals surface area contributed by atoms with E-state index < -0.39 is 5.97 Å². The Morgan fingerprint density at radius 3 is 1.38 bits per heavy atom. The minimum atomic E-state index is -0.852. The standard InChI is InChI=1S/C23H38O3/c24-20-14-12-10-8-6-4-2-1-3-5-7-9-11-13-15-21-16-18-22(19-17-21)23(25)26/h16-19,24H,1-15,20H2,(H,25,26). The number of aromatic carboxylic acids is 1. The van der Waals surface area contributed by atoms with E-state index in [9.17, 15) is 4.79 Å². The smallest absolute Gasteiger partial charge is 0.335 e. The highest BCUT2D eigenvalue weighted by Gasteiger charge is 2.01. The van der Waals surface area contributed by atoms with Gasteiger partial charge in [-0.2, -0.15) is 0 Å². The number of unbranched alkanes of at least 4 members (excludes halogenated alkanes) is 13. The fraction of sp³-hybridized carbons (Fsp3) is 0.696. The third-order valence-corrected chi connectivity index (χ3v) is 5.07. The molecule has 0 radical (unpaired) electrons. The molecule has 0 aliphatic rings. The Labute approximate surface area is 159 Å². The van der Waals surface area contributed by atoms with Crippen molar-refractivity contribution in [1.82, 2.24) is 0 Å². The van der Waals surface area contributed by atoms with Gasteiger partial charge in [0.2, 0.25) is 0 Å². The molecule has 0 spiro atoms. The first-order chi connectivity index (χ1) is 12.7. The van der Waals surface area contributed by atoms with Gasteiger partial charge in [-0.15, -0.1) is 0 Å². The molecule has 148 valence electrons. The average Bonchev–Trinajstić information content (AvgIpc) is 2.65. The van der Waals surface area contributed by atoms with Gasteiger partial charge in [0.25, 0.3) is 0 Å². The molecular formula is C23H38O3. The van der Waals surface area contributed by atoms with E-state index >= 15 is 0 Å². The molecule has 26 heavy (non-hydrogen) atoms. The fourth-order valence-corrected chi connectivity index (χ4v) is 3.38. The predicted molar refractivity (Wildman–Crippen MR) is 109 cm³/mol. The van der Waals surface area contributed by atoms with Crippen LogP contribution in [0.4, 0.5) is 0 Å². The molecule has 0 aliphatic heterocycles. The maximum absolute atomic E-state index is 10.8. The van der Waals surface area contributed by atoms with Gasteiger partial charge in [0.1, 0.15) is 0 Å². The van der Waals surface area contributed by atoms with E-state index in [0.717, 1.165) is 12.8 Å². The number of benzene rings is 1. The SMILES string of the molecule is O=C(O)c1ccc(CCCCCCCCCCCCCCCCO)cc1. The molecule has 0 aliphatic carbocycles. The first kappa shape index (κ1) is 22.7. The van der Waals surface area contributed by atoms with Gasteiger partial charge in [-0.05, 0) is 37.0 Å². The van der Waals surface area contributed by atoms with Gasteiger partial charge >= 0.3 is 5.97 Å². The van der Waals surface area contributed by atoms with Crippen LogP contribution in [-0.4, -0.2) is 22.8 Å². The molecular weight excluding hydrogens is 324 g/mol.